The molecule has 0 radical (unpaired) electrons. The Balaban J connectivity index is 0. The van der Waals surface area contributed by atoms with Gasteiger partial charge < -0.3 is 10.8 Å². The lowest BCUT2D eigenvalue weighted by Gasteiger charge is -1.85. The molecule has 0 aliphatic carbocycles. The van der Waals surface area contributed by atoms with Crippen LogP contribution in [0.25, 0.3) is 0 Å². The molecule has 0 heterocycles. The number of amides is 1. The fourth-order valence-corrected chi connectivity index (χ4v) is 0.574. The number of hydrogen-bond acceptors (Lipinski definition) is 2. The molecule has 0 spiro atoms. The second-order valence-corrected chi connectivity index (χ2v) is 2.71. The first-order valence-corrected chi connectivity index (χ1v) is 4.54. The van der Waals surface area contributed by atoms with E-state index in [1.807, 2.05) is 13.8 Å². The van der Waals surface area contributed by atoms with E-state index in [-0.39, 0.29) is 5.91 Å². The second kappa shape index (κ2) is 10.9. The lowest BCUT2D eigenvalue weighted by Crippen LogP contribution is -2.08. The first-order valence-electron chi connectivity index (χ1n) is 4.54. The van der Waals surface area contributed by atoms with Crippen LogP contribution < -0.4 is 5.73 Å². The van der Waals surface area contributed by atoms with Gasteiger partial charge in [-0.25, -0.2) is 0 Å². The van der Waals surface area contributed by atoms with Gasteiger partial charge in [0.25, 0.3) is 0 Å². The van der Waals surface area contributed by atoms with E-state index >= 15 is 0 Å². The maximum atomic E-state index is 9.82. The molecule has 0 aromatic heterocycles. The van der Waals surface area contributed by atoms with Crippen molar-refractivity contribution in [3.05, 3.63) is 0 Å². The lowest BCUT2D eigenvalue weighted by atomic mass is 10.3. The zero-order valence-corrected chi connectivity index (χ0v) is 8.38. The van der Waals surface area contributed by atoms with Gasteiger partial charge in [-0.15, -0.1) is 0 Å². The summed E-state index contributed by atoms with van der Waals surface area (Å²) in [5, 5.41) is 8.04. The molecule has 1 amide bonds. The van der Waals surface area contributed by atoms with Gasteiger partial charge in [0.15, 0.2) is 0 Å². The Morgan fingerprint density at radius 1 is 1.15 bits per heavy atom. The molecule has 4 nitrogen and oxygen atoms in total. The summed E-state index contributed by atoms with van der Waals surface area (Å²) in [6, 6.07) is 0. The summed E-state index contributed by atoms with van der Waals surface area (Å²) >= 11 is 0. The quantitative estimate of drug-likeness (QED) is 0.688. The number of carboxylic acid groups (broad SMARTS) is 1. The number of nitrogens with two attached hydrogens (primary N) is 1. The van der Waals surface area contributed by atoms with E-state index in [0.29, 0.717) is 12.8 Å². The van der Waals surface area contributed by atoms with Crippen LogP contribution in [0.15, 0.2) is 0 Å². The molecule has 13 heavy (non-hydrogen) atoms. The predicted octanol–water partition coefficient (Wildman–Crippen LogP) is 1.53. The summed E-state index contributed by atoms with van der Waals surface area (Å²) < 4.78 is 0. The van der Waals surface area contributed by atoms with E-state index < -0.39 is 5.97 Å². The monoisotopic (exact) mass is 189 g/mol. The maximum absolute atomic E-state index is 9.82. The molecule has 0 bridgehead atoms. The molecule has 0 fully saturated rings. The van der Waals surface area contributed by atoms with Crippen molar-refractivity contribution in [3.8, 4) is 0 Å². The zero-order chi connectivity index (χ0) is 10.7. The maximum Gasteiger partial charge on any atom is 0.303 e. The molecular formula is C9H19NO3. The fourth-order valence-electron chi connectivity index (χ4n) is 0.574. The van der Waals surface area contributed by atoms with Crippen molar-refractivity contribution >= 4 is 11.9 Å². The first kappa shape index (κ1) is 14.5. The Labute approximate surface area is 79.1 Å². The number of hydrogen-bond donors (Lipinski definition) is 2. The van der Waals surface area contributed by atoms with Crippen LogP contribution >= 0.6 is 0 Å². The predicted molar refractivity (Wildman–Crippen MR) is 51.3 cm³/mol. The molecule has 0 unspecified atom stereocenters. The van der Waals surface area contributed by atoms with Crippen LogP contribution in [-0.2, 0) is 9.59 Å². The molecule has 78 valence electrons. The fraction of sp³-hybridized carbons (Fsp3) is 0.778. The van der Waals surface area contributed by atoms with Crippen LogP contribution in [0.5, 0.6) is 0 Å². The standard InChI is InChI=1S/C5H10O2.C4H9NO/c1-2-3-4-5(6)7;1-2-3-4(5)6/h2-4H2,1H3,(H,6,7);2-3H2,1H3,(H2,5,6). The van der Waals surface area contributed by atoms with Gasteiger partial charge in [-0.3, -0.25) is 9.59 Å². The minimum atomic E-state index is -0.693. The lowest BCUT2D eigenvalue weighted by molar-refractivity contribution is -0.137. The van der Waals surface area contributed by atoms with E-state index in [1.165, 1.54) is 0 Å². The van der Waals surface area contributed by atoms with Crippen LogP contribution in [-0.4, -0.2) is 17.0 Å². The number of aliphatic carboxylic acids is 1. The normalized spacial score (nSPS) is 8.46. The third kappa shape index (κ3) is 24.8. The zero-order valence-electron chi connectivity index (χ0n) is 8.38. The Morgan fingerprint density at radius 3 is 1.77 bits per heavy atom. The van der Waals surface area contributed by atoms with Crippen LogP contribution in [0.2, 0.25) is 0 Å². The highest BCUT2D eigenvalue weighted by atomic mass is 16.4. The van der Waals surface area contributed by atoms with Gasteiger partial charge >= 0.3 is 5.97 Å². The summed E-state index contributed by atoms with van der Waals surface area (Å²) in [6.07, 6.45) is 3.45. The van der Waals surface area contributed by atoms with Crippen molar-refractivity contribution in [2.24, 2.45) is 5.73 Å². The van der Waals surface area contributed by atoms with Crippen LogP contribution in [0.1, 0.15) is 46.0 Å². The van der Waals surface area contributed by atoms with Crippen LogP contribution in [0.3, 0.4) is 0 Å². The summed E-state index contributed by atoms with van der Waals surface area (Å²) in [5.74, 6) is -0.903. The van der Waals surface area contributed by atoms with E-state index in [2.05, 4.69) is 0 Å². The number of carbonyl (C=O) groups is 2. The Kier molecular flexibility index (Phi) is 12.2. The average Bonchev–Trinajstić information content (AvgIpc) is 2.01. The largest absolute Gasteiger partial charge is 0.481 e. The molecule has 3 N–H and O–H groups in total. The van der Waals surface area contributed by atoms with E-state index in [1.54, 1.807) is 0 Å². The van der Waals surface area contributed by atoms with Crippen molar-refractivity contribution in [2.75, 3.05) is 0 Å². The summed E-state index contributed by atoms with van der Waals surface area (Å²) in [5.41, 5.74) is 4.76. The number of unbranched alkanes of at least 4 members (excludes halogenated alkanes) is 1. The molecule has 0 aliphatic rings. The topological polar surface area (TPSA) is 80.4 Å². The summed E-state index contributed by atoms with van der Waals surface area (Å²) in [6.45, 7) is 3.90. The summed E-state index contributed by atoms with van der Waals surface area (Å²) in [7, 11) is 0. The van der Waals surface area contributed by atoms with Crippen molar-refractivity contribution < 1.29 is 14.7 Å². The number of primary amides is 1. The molecule has 0 rings (SSSR count). The number of carboxylic acids is 1. The van der Waals surface area contributed by atoms with E-state index in [4.69, 9.17) is 10.8 Å². The number of carbonyl (C=O) groups excluding carboxylic acids is 1. The van der Waals surface area contributed by atoms with Gasteiger partial charge in [0, 0.05) is 12.8 Å². The highest BCUT2D eigenvalue weighted by Gasteiger charge is 1.90. The van der Waals surface area contributed by atoms with Gasteiger partial charge in [-0.1, -0.05) is 20.3 Å². The summed E-state index contributed by atoms with van der Waals surface area (Å²) in [4.78, 5) is 19.6. The number of rotatable bonds is 5. The van der Waals surface area contributed by atoms with E-state index in [0.717, 1.165) is 19.3 Å². The molecule has 0 aliphatic heterocycles. The molecule has 4 heteroatoms. The van der Waals surface area contributed by atoms with Gasteiger partial charge in [0.2, 0.25) is 5.91 Å². The van der Waals surface area contributed by atoms with Gasteiger partial charge in [0.05, 0.1) is 0 Å². The van der Waals surface area contributed by atoms with Gasteiger partial charge in [-0.05, 0) is 12.8 Å². The van der Waals surface area contributed by atoms with Crippen molar-refractivity contribution in [1.82, 2.24) is 0 Å². The van der Waals surface area contributed by atoms with Crippen LogP contribution in [0, 0.1) is 0 Å². The van der Waals surface area contributed by atoms with Gasteiger partial charge in [0.1, 0.15) is 0 Å². The molecular weight excluding hydrogens is 170 g/mol. The van der Waals surface area contributed by atoms with Crippen molar-refractivity contribution in [2.45, 2.75) is 46.0 Å². The van der Waals surface area contributed by atoms with Crippen molar-refractivity contribution in [3.63, 3.8) is 0 Å². The second-order valence-electron chi connectivity index (χ2n) is 2.71. The smallest absolute Gasteiger partial charge is 0.303 e. The minimum Gasteiger partial charge on any atom is -0.481 e. The first-order chi connectivity index (χ1) is 6.04. The Bertz CT molecular complexity index is 146. The SMILES string of the molecule is CCCC(N)=O.CCCCC(=O)O. The van der Waals surface area contributed by atoms with Gasteiger partial charge in [-0.2, -0.15) is 0 Å². The Hall–Kier alpha value is -1.06. The molecule has 0 aromatic rings. The van der Waals surface area contributed by atoms with Crippen molar-refractivity contribution in [1.29, 1.82) is 0 Å². The Morgan fingerprint density at radius 2 is 1.69 bits per heavy atom. The highest BCUT2D eigenvalue weighted by Crippen LogP contribution is 1.91. The van der Waals surface area contributed by atoms with Crippen LogP contribution in [0.4, 0.5) is 0 Å². The third-order valence-electron chi connectivity index (χ3n) is 1.24. The average molecular weight is 189 g/mol. The minimum absolute atomic E-state index is 0.211. The molecule has 0 saturated carbocycles. The third-order valence-corrected chi connectivity index (χ3v) is 1.24. The molecule has 0 aromatic carbocycles. The molecule has 0 atom stereocenters. The van der Waals surface area contributed by atoms with E-state index in [9.17, 15) is 9.59 Å². The molecule has 0 saturated heterocycles. The highest BCUT2D eigenvalue weighted by molar-refractivity contribution is 5.73.